The molecule has 2 aromatic carbocycles. The van der Waals surface area contributed by atoms with E-state index >= 15 is 0 Å². The Morgan fingerprint density at radius 2 is 1.91 bits per heavy atom. The number of carbonyl (C=O) groups is 2. The van der Waals surface area contributed by atoms with Crippen LogP contribution in [0.1, 0.15) is 48.5 Å². The SMILES string of the molecule is COc1cc(C(=O)NC2CCC(=O)NC2C)ccc1-c1cc2nccc(-c3ccc(OC4CCOCC4)c(C#N)c3)c2o1. The van der Waals surface area contributed by atoms with Gasteiger partial charge in [0, 0.05) is 54.7 Å². The molecule has 2 aromatic heterocycles. The van der Waals surface area contributed by atoms with Crippen molar-refractivity contribution in [3.63, 3.8) is 0 Å². The molecule has 220 valence electrons. The van der Waals surface area contributed by atoms with Crippen molar-refractivity contribution in [2.24, 2.45) is 0 Å². The summed E-state index contributed by atoms with van der Waals surface area (Å²) in [5, 5.41) is 15.8. The Morgan fingerprint density at radius 1 is 1.07 bits per heavy atom. The molecule has 10 nitrogen and oxygen atoms in total. The molecule has 0 bridgehead atoms. The molecule has 0 spiro atoms. The summed E-state index contributed by atoms with van der Waals surface area (Å²) in [7, 11) is 1.54. The fourth-order valence-electron chi connectivity index (χ4n) is 5.61. The lowest BCUT2D eigenvalue weighted by Gasteiger charge is -2.30. The third-order valence-electron chi connectivity index (χ3n) is 8.01. The first-order valence-corrected chi connectivity index (χ1v) is 14.4. The Labute approximate surface area is 248 Å². The molecule has 0 saturated carbocycles. The van der Waals surface area contributed by atoms with Crippen molar-refractivity contribution in [2.75, 3.05) is 20.3 Å². The molecule has 6 rings (SSSR count). The summed E-state index contributed by atoms with van der Waals surface area (Å²) in [5.41, 5.74) is 4.35. The smallest absolute Gasteiger partial charge is 0.251 e. The second-order valence-electron chi connectivity index (χ2n) is 10.8. The number of fused-ring (bicyclic) bond motifs is 1. The highest BCUT2D eigenvalue weighted by Gasteiger charge is 2.27. The highest BCUT2D eigenvalue weighted by atomic mass is 16.5. The van der Waals surface area contributed by atoms with E-state index in [1.54, 1.807) is 37.6 Å². The van der Waals surface area contributed by atoms with Crippen molar-refractivity contribution in [3.05, 3.63) is 65.9 Å². The van der Waals surface area contributed by atoms with Crippen LogP contribution in [0.5, 0.6) is 11.5 Å². The largest absolute Gasteiger partial charge is 0.496 e. The number of nitriles is 1. The summed E-state index contributed by atoms with van der Waals surface area (Å²) in [5.74, 6) is 1.31. The van der Waals surface area contributed by atoms with E-state index in [1.807, 2.05) is 31.2 Å². The summed E-state index contributed by atoms with van der Waals surface area (Å²) in [6.45, 7) is 3.19. The molecule has 2 aliphatic heterocycles. The summed E-state index contributed by atoms with van der Waals surface area (Å²) in [6.07, 6.45) is 4.28. The lowest BCUT2D eigenvalue weighted by Crippen LogP contribution is -2.53. The van der Waals surface area contributed by atoms with Crippen molar-refractivity contribution in [3.8, 4) is 40.0 Å². The van der Waals surface area contributed by atoms with Crippen LogP contribution in [-0.4, -0.2) is 55.3 Å². The minimum Gasteiger partial charge on any atom is -0.496 e. The Bertz CT molecular complexity index is 1720. The van der Waals surface area contributed by atoms with Gasteiger partial charge < -0.3 is 29.3 Å². The lowest BCUT2D eigenvalue weighted by molar-refractivity contribution is -0.123. The van der Waals surface area contributed by atoms with Crippen LogP contribution >= 0.6 is 0 Å². The van der Waals surface area contributed by atoms with Gasteiger partial charge in [0.2, 0.25) is 5.91 Å². The summed E-state index contributed by atoms with van der Waals surface area (Å²) in [6, 6.07) is 16.4. The molecule has 2 saturated heterocycles. The maximum atomic E-state index is 13.0. The van der Waals surface area contributed by atoms with E-state index in [0.717, 1.165) is 24.0 Å². The maximum absolute atomic E-state index is 13.0. The first-order chi connectivity index (χ1) is 20.9. The van der Waals surface area contributed by atoms with Crippen molar-refractivity contribution >= 4 is 22.9 Å². The zero-order valence-electron chi connectivity index (χ0n) is 24.0. The Hall–Kier alpha value is -4.88. The third-order valence-corrected chi connectivity index (χ3v) is 8.01. The third kappa shape index (κ3) is 5.90. The van der Waals surface area contributed by atoms with Gasteiger partial charge in [0.25, 0.3) is 5.91 Å². The zero-order chi connectivity index (χ0) is 29.9. The second kappa shape index (κ2) is 12.2. The van der Waals surface area contributed by atoms with Gasteiger partial charge in [-0.1, -0.05) is 6.07 Å². The van der Waals surface area contributed by atoms with Crippen molar-refractivity contribution in [1.29, 1.82) is 5.26 Å². The lowest BCUT2D eigenvalue weighted by atomic mass is 9.98. The van der Waals surface area contributed by atoms with Gasteiger partial charge in [0.1, 0.15) is 34.9 Å². The maximum Gasteiger partial charge on any atom is 0.251 e. The van der Waals surface area contributed by atoms with Crippen LogP contribution in [0.2, 0.25) is 0 Å². The first-order valence-electron chi connectivity index (χ1n) is 14.4. The summed E-state index contributed by atoms with van der Waals surface area (Å²) >= 11 is 0. The number of rotatable bonds is 7. The number of nitrogens with one attached hydrogen (secondary N) is 2. The number of amides is 2. The molecule has 43 heavy (non-hydrogen) atoms. The van der Waals surface area contributed by atoms with Gasteiger partial charge in [0.05, 0.1) is 31.5 Å². The van der Waals surface area contributed by atoms with Crippen LogP contribution in [0, 0.1) is 11.3 Å². The minimum atomic E-state index is -0.246. The number of aromatic nitrogens is 1. The zero-order valence-corrected chi connectivity index (χ0v) is 24.0. The fraction of sp³-hybridized carbons (Fsp3) is 0.333. The first kappa shape index (κ1) is 28.2. The monoisotopic (exact) mass is 580 g/mol. The van der Waals surface area contributed by atoms with Crippen LogP contribution in [-0.2, 0) is 9.53 Å². The quantitative estimate of drug-likeness (QED) is 0.312. The Kier molecular flexibility index (Phi) is 7.99. The highest BCUT2D eigenvalue weighted by Crippen LogP contribution is 2.38. The molecule has 10 heteroatoms. The van der Waals surface area contributed by atoms with Crippen LogP contribution in [0.15, 0.2) is 59.1 Å². The molecule has 4 aromatic rings. The van der Waals surface area contributed by atoms with E-state index in [4.69, 9.17) is 18.6 Å². The predicted octanol–water partition coefficient (Wildman–Crippen LogP) is 5.00. The van der Waals surface area contributed by atoms with Crippen LogP contribution in [0.4, 0.5) is 0 Å². The van der Waals surface area contributed by atoms with Crippen LogP contribution in [0.3, 0.4) is 0 Å². The van der Waals surface area contributed by atoms with E-state index in [-0.39, 0.29) is 30.0 Å². The van der Waals surface area contributed by atoms with E-state index in [0.29, 0.717) is 71.1 Å². The fourth-order valence-corrected chi connectivity index (χ4v) is 5.61. The number of nitrogens with zero attached hydrogens (tertiary/aromatic N) is 2. The Balaban J connectivity index is 1.27. The number of hydrogen-bond donors (Lipinski definition) is 2. The number of pyridine rings is 1. The Morgan fingerprint density at radius 3 is 2.67 bits per heavy atom. The molecule has 2 amide bonds. The van der Waals surface area contributed by atoms with Crippen molar-refractivity contribution < 1.29 is 28.2 Å². The predicted molar refractivity (Wildman–Crippen MR) is 159 cm³/mol. The minimum absolute atomic E-state index is 0.00499. The normalized spacial score (nSPS) is 19.0. The molecule has 0 radical (unpaired) electrons. The van der Waals surface area contributed by atoms with Crippen molar-refractivity contribution in [1.82, 2.24) is 15.6 Å². The van der Waals surface area contributed by atoms with E-state index in [1.165, 1.54) is 0 Å². The molecule has 0 aliphatic carbocycles. The average Bonchev–Trinajstić information content (AvgIpc) is 3.47. The number of furan rings is 1. The molecule has 2 fully saturated rings. The average molecular weight is 581 g/mol. The molecule has 2 aliphatic rings. The molecule has 2 N–H and O–H groups in total. The van der Waals surface area contributed by atoms with Gasteiger partial charge in [-0.25, -0.2) is 0 Å². The van der Waals surface area contributed by atoms with Crippen LogP contribution in [0.25, 0.3) is 33.6 Å². The summed E-state index contributed by atoms with van der Waals surface area (Å²) in [4.78, 5) is 29.2. The van der Waals surface area contributed by atoms with E-state index < -0.39 is 0 Å². The second-order valence-corrected chi connectivity index (χ2v) is 10.8. The molecular formula is C33H32N4O6. The number of carbonyl (C=O) groups excluding carboxylic acids is 2. The number of ether oxygens (including phenoxy) is 3. The standard InChI is InChI=1S/C33H32N4O6/c1-19-26(6-8-31(38)36-19)37-33(39)21-3-5-25(29(16-21)40-2)30-17-27-32(43-30)24(9-12-35-27)20-4-7-28(22(15-20)18-34)42-23-10-13-41-14-11-23/h3-5,7,9,12,15-17,19,23,26H,6,8,10-11,13-14H2,1-2H3,(H,36,38)(H,37,39). The molecule has 2 unspecified atom stereocenters. The number of methoxy groups -OCH3 is 1. The van der Waals surface area contributed by atoms with Crippen molar-refractivity contribution in [2.45, 2.75) is 50.8 Å². The van der Waals surface area contributed by atoms with Gasteiger partial charge in [-0.05, 0) is 55.3 Å². The van der Waals surface area contributed by atoms with Gasteiger partial charge in [0.15, 0.2) is 5.58 Å². The van der Waals surface area contributed by atoms with E-state index in [2.05, 4.69) is 21.7 Å². The topological polar surface area (TPSA) is 136 Å². The van der Waals surface area contributed by atoms with E-state index in [9.17, 15) is 14.9 Å². The van der Waals surface area contributed by atoms with Gasteiger partial charge in [-0.2, -0.15) is 5.26 Å². The molecule has 2 atom stereocenters. The van der Waals surface area contributed by atoms with Gasteiger partial charge in [-0.15, -0.1) is 0 Å². The number of hydrogen-bond acceptors (Lipinski definition) is 8. The van der Waals surface area contributed by atoms with Crippen LogP contribution < -0.4 is 20.1 Å². The molecule has 4 heterocycles. The van der Waals surface area contributed by atoms with Gasteiger partial charge in [-0.3, -0.25) is 14.6 Å². The molecular weight excluding hydrogens is 548 g/mol. The highest BCUT2D eigenvalue weighted by molar-refractivity contribution is 5.97. The summed E-state index contributed by atoms with van der Waals surface area (Å²) < 4.78 is 23.5. The van der Waals surface area contributed by atoms with Gasteiger partial charge >= 0.3 is 0 Å². The number of benzene rings is 2. The number of piperidine rings is 1.